The van der Waals surface area contributed by atoms with E-state index in [0.717, 1.165) is 69.2 Å². The van der Waals surface area contributed by atoms with Gasteiger partial charge >= 0.3 is 0 Å². The molecule has 1 amide bonds. The lowest BCUT2D eigenvalue weighted by molar-refractivity contribution is -0.137. The summed E-state index contributed by atoms with van der Waals surface area (Å²) >= 11 is 0. The van der Waals surface area contributed by atoms with Crippen LogP contribution in [0.15, 0.2) is 18.5 Å². The van der Waals surface area contributed by atoms with E-state index in [9.17, 15) is 4.79 Å². The van der Waals surface area contributed by atoms with Crippen molar-refractivity contribution in [2.24, 2.45) is 11.8 Å². The largest absolute Gasteiger partial charge is 0.354 e. The van der Waals surface area contributed by atoms with Gasteiger partial charge in [-0.05, 0) is 43.7 Å². The van der Waals surface area contributed by atoms with E-state index in [4.69, 9.17) is 0 Å². The Morgan fingerprint density at radius 1 is 1.17 bits per heavy atom. The predicted molar refractivity (Wildman–Crippen MR) is 90.7 cm³/mol. The van der Waals surface area contributed by atoms with E-state index < -0.39 is 0 Å². The molecule has 0 radical (unpaired) electrons. The van der Waals surface area contributed by atoms with Crippen LogP contribution < -0.4 is 4.90 Å². The highest BCUT2D eigenvalue weighted by molar-refractivity contribution is 5.79. The average molecular weight is 328 g/mol. The van der Waals surface area contributed by atoms with Crippen LogP contribution in [0.4, 0.5) is 5.82 Å². The molecule has 0 aliphatic carbocycles. The Labute approximate surface area is 141 Å². The number of hydrogen-bond donors (Lipinski definition) is 0. The molecule has 0 N–H and O–H groups in total. The van der Waals surface area contributed by atoms with E-state index in [2.05, 4.69) is 32.0 Å². The molecule has 2 saturated heterocycles. The number of nitrogens with zero attached hydrogens (tertiary/aromatic N) is 6. The zero-order valence-electron chi connectivity index (χ0n) is 14.1. The van der Waals surface area contributed by atoms with Gasteiger partial charge in [0.05, 0.1) is 5.92 Å². The van der Waals surface area contributed by atoms with Gasteiger partial charge < -0.3 is 9.80 Å². The molecule has 1 atom stereocenters. The molecule has 0 saturated carbocycles. The van der Waals surface area contributed by atoms with Gasteiger partial charge in [-0.25, -0.2) is 0 Å². The second kappa shape index (κ2) is 6.37. The maximum atomic E-state index is 12.9. The van der Waals surface area contributed by atoms with Crippen LogP contribution >= 0.6 is 0 Å². The van der Waals surface area contributed by atoms with Crippen LogP contribution in [0.1, 0.15) is 32.6 Å². The Morgan fingerprint density at radius 2 is 2.00 bits per heavy atom. The number of fused-ring (bicyclic) bond motifs is 1. The molecular weight excluding hydrogens is 304 g/mol. The average Bonchev–Trinajstić information content (AvgIpc) is 3.09. The molecule has 2 aromatic rings. The topological polar surface area (TPSA) is 66.6 Å². The number of carbonyl (C=O) groups is 1. The van der Waals surface area contributed by atoms with E-state index in [1.165, 1.54) is 0 Å². The van der Waals surface area contributed by atoms with Crippen molar-refractivity contribution < 1.29 is 4.79 Å². The van der Waals surface area contributed by atoms with Gasteiger partial charge in [0, 0.05) is 26.2 Å². The van der Waals surface area contributed by atoms with Gasteiger partial charge in [0.25, 0.3) is 0 Å². The molecule has 0 bridgehead atoms. The van der Waals surface area contributed by atoms with Crippen LogP contribution in [-0.2, 0) is 4.79 Å². The van der Waals surface area contributed by atoms with Crippen molar-refractivity contribution in [3.8, 4) is 0 Å². The Morgan fingerprint density at radius 3 is 2.83 bits per heavy atom. The molecule has 4 heterocycles. The summed E-state index contributed by atoms with van der Waals surface area (Å²) in [5, 5.41) is 12.4. The molecule has 7 heteroatoms. The van der Waals surface area contributed by atoms with Crippen LogP contribution in [0.5, 0.6) is 0 Å². The van der Waals surface area contributed by atoms with Crippen LogP contribution in [-0.4, -0.2) is 56.8 Å². The Kier molecular flexibility index (Phi) is 4.08. The smallest absolute Gasteiger partial charge is 0.227 e. The summed E-state index contributed by atoms with van der Waals surface area (Å²) in [7, 11) is 0. The summed E-state index contributed by atoms with van der Waals surface area (Å²) in [4.78, 5) is 17.2. The summed E-state index contributed by atoms with van der Waals surface area (Å²) in [6, 6.07) is 3.90. The number of amides is 1. The number of piperidine rings is 2. The van der Waals surface area contributed by atoms with E-state index >= 15 is 0 Å². The lowest BCUT2D eigenvalue weighted by atomic mass is 9.93. The maximum absolute atomic E-state index is 12.9. The Hall–Kier alpha value is -2.18. The quantitative estimate of drug-likeness (QED) is 0.838. The zero-order valence-corrected chi connectivity index (χ0v) is 14.1. The van der Waals surface area contributed by atoms with Crippen molar-refractivity contribution in [3.63, 3.8) is 0 Å². The highest BCUT2D eigenvalue weighted by Gasteiger charge is 2.31. The Balaban J connectivity index is 1.45. The maximum Gasteiger partial charge on any atom is 0.227 e. The molecule has 24 heavy (non-hydrogen) atoms. The van der Waals surface area contributed by atoms with E-state index in [1.807, 2.05) is 12.1 Å². The van der Waals surface area contributed by atoms with Gasteiger partial charge in [-0.2, -0.15) is 4.52 Å². The molecule has 0 spiro atoms. The Bertz CT molecular complexity index is 721. The fourth-order valence-electron chi connectivity index (χ4n) is 3.76. The molecule has 2 aliphatic rings. The number of anilines is 1. The molecule has 2 aromatic heterocycles. The number of hydrogen-bond acceptors (Lipinski definition) is 5. The molecule has 2 fully saturated rings. The molecule has 0 aromatic carbocycles. The monoisotopic (exact) mass is 328 g/mol. The van der Waals surface area contributed by atoms with Gasteiger partial charge in [0.2, 0.25) is 5.91 Å². The van der Waals surface area contributed by atoms with Crippen molar-refractivity contribution >= 4 is 17.4 Å². The third kappa shape index (κ3) is 2.95. The van der Waals surface area contributed by atoms with Crippen LogP contribution in [0, 0.1) is 11.8 Å². The number of rotatable bonds is 2. The summed E-state index contributed by atoms with van der Waals surface area (Å²) in [6.45, 7) is 5.81. The molecule has 128 valence electrons. The lowest BCUT2D eigenvalue weighted by Crippen LogP contribution is -2.47. The third-order valence-corrected chi connectivity index (χ3v) is 5.34. The van der Waals surface area contributed by atoms with Gasteiger partial charge in [-0.15, -0.1) is 15.3 Å². The molecule has 1 unspecified atom stereocenters. The first-order valence-corrected chi connectivity index (χ1v) is 8.91. The first kappa shape index (κ1) is 15.4. The van der Waals surface area contributed by atoms with Gasteiger partial charge in [0.15, 0.2) is 5.65 Å². The van der Waals surface area contributed by atoms with Crippen molar-refractivity contribution in [3.05, 3.63) is 18.5 Å². The first-order chi connectivity index (χ1) is 11.7. The fourth-order valence-corrected chi connectivity index (χ4v) is 3.76. The highest BCUT2D eigenvalue weighted by Crippen LogP contribution is 2.25. The molecule has 7 nitrogen and oxygen atoms in total. The van der Waals surface area contributed by atoms with Crippen molar-refractivity contribution in [1.29, 1.82) is 0 Å². The van der Waals surface area contributed by atoms with Crippen molar-refractivity contribution in [2.75, 3.05) is 31.1 Å². The van der Waals surface area contributed by atoms with Crippen molar-refractivity contribution in [1.82, 2.24) is 24.7 Å². The standard InChI is InChI=1S/C17H24N6O/c1-13-6-9-21(10-7-13)17(24)14-3-2-8-22(11-14)16-5-4-15-19-18-12-23(15)20-16/h4-5,12-14H,2-3,6-11H2,1H3. The number of likely N-dealkylation sites (tertiary alicyclic amines) is 1. The van der Waals surface area contributed by atoms with E-state index in [1.54, 1.807) is 10.8 Å². The van der Waals surface area contributed by atoms with Crippen LogP contribution in [0.2, 0.25) is 0 Å². The summed E-state index contributed by atoms with van der Waals surface area (Å²) < 4.78 is 1.69. The third-order valence-electron chi connectivity index (χ3n) is 5.34. The SMILES string of the molecule is CC1CCN(C(=O)C2CCCN(c3ccc4nncn4n3)C2)CC1. The van der Waals surface area contributed by atoms with Crippen LogP contribution in [0.3, 0.4) is 0 Å². The lowest BCUT2D eigenvalue weighted by Gasteiger charge is -2.37. The summed E-state index contributed by atoms with van der Waals surface area (Å²) in [5.74, 6) is 2.06. The first-order valence-electron chi connectivity index (χ1n) is 8.91. The molecule has 4 rings (SSSR count). The molecular formula is C17H24N6O. The summed E-state index contributed by atoms with van der Waals surface area (Å²) in [6.07, 6.45) is 5.89. The second-order valence-electron chi connectivity index (χ2n) is 7.12. The van der Waals surface area contributed by atoms with E-state index in [-0.39, 0.29) is 5.92 Å². The zero-order chi connectivity index (χ0) is 16.5. The number of carbonyl (C=O) groups excluding carboxylic acids is 1. The predicted octanol–water partition coefficient (Wildman–Crippen LogP) is 1.60. The van der Waals surface area contributed by atoms with Gasteiger partial charge in [-0.1, -0.05) is 6.92 Å². The van der Waals surface area contributed by atoms with Crippen LogP contribution in [0.25, 0.3) is 5.65 Å². The number of aromatic nitrogens is 4. The highest BCUT2D eigenvalue weighted by atomic mass is 16.2. The van der Waals surface area contributed by atoms with Gasteiger partial charge in [-0.3, -0.25) is 4.79 Å². The second-order valence-corrected chi connectivity index (χ2v) is 7.12. The summed E-state index contributed by atoms with van der Waals surface area (Å²) in [5.41, 5.74) is 0.742. The minimum absolute atomic E-state index is 0.0885. The minimum atomic E-state index is 0.0885. The molecule has 2 aliphatic heterocycles. The normalized spacial score (nSPS) is 23.0. The minimum Gasteiger partial charge on any atom is -0.354 e. The van der Waals surface area contributed by atoms with E-state index in [0.29, 0.717) is 5.91 Å². The fraction of sp³-hybridized carbons (Fsp3) is 0.647. The van der Waals surface area contributed by atoms with Gasteiger partial charge in [0.1, 0.15) is 12.1 Å². The van der Waals surface area contributed by atoms with Crippen molar-refractivity contribution in [2.45, 2.75) is 32.6 Å².